The Morgan fingerprint density at radius 2 is 1.65 bits per heavy atom. The van der Waals surface area contributed by atoms with Gasteiger partial charge in [-0.15, -0.1) is 0 Å². The minimum atomic E-state index is -3.70. The van der Waals surface area contributed by atoms with Crippen LogP contribution in [0, 0.1) is 6.92 Å². The van der Waals surface area contributed by atoms with E-state index in [9.17, 15) is 8.42 Å². The number of ether oxygens (including phenoxy) is 1. The quantitative estimate of drug-likeness (QED) is 0.691. The topological polar surface area (TPSA) is 52.6 Å². The molecule has 5 heteroatoms. The summed E-state index contributed by atoms with van der Waals surface area (Å²) < 4.78 is 34.8. The number of hydrogen-bond acceptors (Lipinski definition) is 4. The Kier molecular flexibility index (Phi) is 6.33. The Bertz CT molecular complexity index is 694. The molecule has 124 valence electrons. The number of rotatable bonds is 8. The van der Waals surface area contributed by atoms with Gasteiger partial charge in [0.1, 0.15) is 0 Å². The Hall–Kier alpha value is -1.69. The smallest absolute Gasteiger partial charge is 0.296 e. The molecular formula is C18H22O4S. The monoisotopic (exact) mass is 334 g/mol. The summed E-state index contributed by atoms with van der Waals surface area (Å²) in [6, 6.07) is 16.5. The van der Waals surface area contributed by atoms with Crippen molar-refractivity contribution in [2.75, 3.05) is 6.61 Å². The van der Waals surface area contributed by atoms with E-state index in [2.05, 4.69) is 0 Å². The third-order valence-electron chi connectivity index (χ3n) is 3.45. The van der Waals surface area contributed by atoms with Crippen molar-refractivity contribution in [1.29, 1.82) is 0 Å². The molecule has 0 aromatic heterocycles. The van der Waals surface area contributed by atoms with Crippen molar-refractivity contribution in [1.82, 2.24) is 0 Å². The Labute approximate surface area is 138 Å². The summed E-state index contributed by atoms with van der Waals surface area (Å²) in [5.74, 6) is 0. The van der Waals surface area contributed by atoms with Crippen LogP contribution in [0.5, 0.6) is 0 Å². The molecule has 0 spiro atoms. The van der Waals surface area contributed by atoms with Gasteiger partial charge in [0.15, 0.2) is 0 Å². The van der Waals surface area contributed by atoms with Crippen molar-refractivity contribution < 1.29 is 17.3 Å². The van der Waals surface area contributed by atoms with E-state index in [1.54, 1.807) is 24.3 Å². The molecule has 2 rings (SSSR count). The Morgan fingerprint density at radius 1 is 1.00 bits per heavy atom. The molecule has 2 aromatic carbocycles. The van der Waals surface area contributed by atoms with Gasteiger partial charge in [-0.2, -0.15) is 8.42 Å². The van der Waals surface area contributed by atoms with Gasteiger partial charge >= 0.3 is 0 Å². The lowest BCUT2D eigenvalue weighted by molar-refractivity contribution is 0.0392. The number of hydrogen-bond donors (Lipinski definition) is 0. The third kappa shape index (κ3) is 5.78. The van der Waals surface area contributed by atoms with E-state index in [1.807, 2.05) is 44.2 Å². The fourth-order valence-corrected chi connectivity index (χ4v) is 2.91. The molecule has 4 nitrogen and oxygen atoms in total. The summed E-state index contributed by atoms with van der Waals surface area (Å²) in [6.07, 6.45) is 0.432. The molecule has 0 heterocycles. The first-order valence-corrected chi connectivity index (χ1v) is 9.00. The highest BCUT2D eigenvalue weighted by Gasteiger charge is 2.15. The van der Waals surface area contributed by atoms with Crippen LogP contribution in [0.1, 0.15) is 24.5 Å². The van der Waals surface area contributed by atoms with Crippen molar-refractivity contribution in [2.45, 2.75) is 37.9 Å². The first-order valence-electron chi connectivity index (χ1n) is 7.59. The molecule has 0 radical (unpaired) electrons. The summed E-state index contributed by atoms with van der Waals surface area (Å²) in [5, 5.41) is 0. The lowest BCUT2D eigenvalue weighted by Crippen LogP contribution is -2.14. The van der Waals surface area contributed by atoms with E-state index in [0.29, 0.717) is 13.0 Å². The van der Waals surface area contributed by atoms with E-state index < -0.39 is 10.1 Å². The van der Waals surface area contributed by atoms with Crippen molar-refractivity contribution in [3.05, 3.63) is 65.7 Å². The van der Waals surface area contributed by atoms with Gasteiger partial charge in [-0.25, -0.2) is 0 Å². The van der Waals surface area contributed by atoms with E-state index in [4.69, 9.17) is 8.92 Å². The minimum Gasteiger partial charge on any atom is -0.374 e. The highest BCUT2D eigenvalue weighted by atomic mass is 32.2. The van der Waals surface area contributed by atoms with Crippen LogP contribution in [0.2, 0.25) is 0 Å². The second-order valence-electron chi connectivity index (χ2n) is 5.49. The zero-order chi connectivity index (χ0) is 16.7. The largest absolute Gasteiger partial charge is 0.374 e. The zero-order valence-electron chi connectivity index (χ0n) is 13.4. The predicted molar refractivity (Wildman–Crippen MR) is 89.6 cm³/mol. The fraction of sp³-hybridized carbons (Fsp3) is 0.333. The summed E-state index contributed by atoms with van der Waals surface area (Å²) >= 11 is 0. The second kappa shape index (κ2) is 8.24. The maximum absolute atomic E-state index is 12.0. The Morgan fingerprint density at radius 3 is 2.30 bits per heavy atom. The number of benzene rings is 2. The van der Waals surface area contributed by atoms with Crippen molar-refractivity contribution in [3.8, 4) is 0 Å². The SMILES string of the molecule is Cc1ccc(S(=O)(=O)OCCC(C)OCc2ccccc2)cc1. The van der Waals surface area contributed by atoms with Gasteiger partial charge in [0.05, 0.1) is 24.2 Å². The number of aryl methyl sites for hydroxylation is 1. The maximum Gasteiger partial charge on any atom is 0.296 e. The maximum atomic E-state index is 12.0. The summed E-state index contributed by atoms with van der Waals surface area (Å²) in [7, 11) is -3.70. The van der Waals surface area contributed by atoms with Gasteiger partial charge in [-0.05, 0) is 38.0 Å². The van der Waals surface area contributed by atoms with Gasteiger partial charge in [0, 0.05) is 0 Å². The molecule has 0 aliphatic heterocycles. The van der Waals surface area contributed by atoms with Gasteiger partial charge in [-0.3, -0.25) is 4.18 Å². The van der Waals surface area contributed by atoms with E-state index in [1.165, 1.54) is 0 Å². The molecule has 1 atom stereocenters. The highest BCUT2D eigenvalue weighted by molar-refractivity contribution is 7.86. The normalized spacial score (nSPS) is 13.0. The van der Waals surface area contributed by atoms with Gasteiger partial charge in [0.2, 0.25) is 0 Å². The molecule has 0 fully saturated rings. The van der Waals surface area contributed by atoms with Gasteiger partial charge in [-0.1, -0.05) is 48.0 Å². The van der Waals surface area contributed by atoms with E-state index >= 15 is 0 Å². The minimum absolute atomic E-state index is 0.0802. The lowest BCUT2D eigenvalue weighted by atomic mass is 10.2. The summed E-state index contributed by atoms with van der Waals surface area (Å²) in [4.78, 5) is 0.181. The van der Waals surface area contributed by atoms with Crippen LogP contribution in [0.25, 0.3) is 0 Å². The van der Waals surface area contributed by atoms with Crippen LogP contribution in [-0.2, 0) is 25.6 Å². The fourth-order valence-electron chi connectivity index (χ4n) is 1.99. The second-order valence-corrected chi connectivity index (χ2v) is 7.10. The summed E-state index contributed by atoms with van der Waals surface area (Å²) in [6.45, 7) is 4.42. The predicted octanol–water partition coefficient (Wildman–Crippen LogP) is 3.70. The van der Waals surface area contributed by atoms with Crippen LogP contribution < -0.4 is 0 Å². The van der Waals surface area contributed by atoms with Crippen LogP contribution in [0.3, 0.4) is 0 Å². The zero-order valence-corrected chi connectivity index (χ0v) is 14.3. The molecule has 0 saturated heterocycles. The molecule has 0 bridgehead atoms. The molecule has 0 aliphatic rings. The van der Waals surface area contributed by atoms with Gasteiger partial charge < -0.3 is 4.74 Å². The first kappa shape index (κ1) is 17.7. The molecule has 0 aliphatic carbocycles. The molecule has 23 heavy (non-hydrogen) atoms. The third-order valence-corrected chi connectivity index (χ3v) is 4.78. The van der Waals surface area contributed by atoms with Crippen molar-refractivity contribution >= 4 is 10.1 Å². The first-order chi connectivity index (χ1) is 11.0. The van der Waals surface area contributed by atoms with E-state index in [0.717, 1.165) is 11.1 Å². The molecule has 0 N–H and O–H groups in total. The highest BCUT2D eigenvalue weighted by Crippen LogP contribution is 2.14. The molecule has 1 unspecified atom stereocenters. The van der Waals surface area contributed by atoms with Gasteiger partial charge in [0.25, 0.3) is 10.1 Å². The standard InChI is InChI=1S/C18H22O4S/c1-15-8-10-18(11-9-15)23(19,20)22-13-12-16(2)21-14-17-6-4-3-5-7-17/h3-11,16H,12-14H2,1-2H3. The van der Waals surface area contributed by atoms with Crippen LogP contribution in [0.4, 0.5) is 0 Å². The Balaban J connectivity index is 1.76. The van der Waals surface area contributed by atoms with Crippen molar-refractivity contribution in [3.63, 3.8) is 0 Å². The van der Waals surface area contributed by atoms with Crippen LogP contribution in [0.15, 0.2) is 59.5 Å². The lowest BCUT2D eigenvalue weighted by Gasteiger charge is -2.13. The average Bonchev–Trinajstić information content (AvgIpc) is 2.54. The molecule has 0 saturated carbocycles. The molecule has 0 amide bonds. The van der Waals surface area contributed by atoms with Crippen molar-refractivity contribution in [2.24, 2.45) is 0 Å². The molecule has 2 aromatic rings. The van der Waals surface area contributed by atoms with E-state index in [-0.39, 0.29) is 17.6 Å². The summed E-state index contributed by atoms with van der Waals surface area (Å²) in [5.41, 5.74) is 2.10. The van der Waals surface area contributed by atoms with Crippen LogP contribution in [-0.4, -0.2) is 21.1 Å². The average molecular weight is 334 g/mol. The van der Waals surface area contributed by atoms with Crippen LogP contribution >= 0.6 is 0 Å². The molecular weight excluding hydrogens is 312 g/mol.